The molecule has 11 nitrogen and oxygen atoms in total. The molecule has 0 spiro atoms. The number of furan rings is 1. The van der Waals surface area contributed by atoms with Crippen LogP contribution in [0, 0.1) is 11.8 Å². The van der Waals surface area contributed by atoms with Crippen molar-refractivity contribution in [3.05, 3.63) is 30.0 Å². The van der Waals surface area contributed by atoms with Crippen LogP contribution in [-0.4, -0.2) is 90.3 Å². The molecule has 0 unspecified atom stereocenters. The molecule has 0 bridgehead atoms. The number of halogens is 1. The van der Waals surface area contributed by atoms with E-state index in [4.69, 9.17) is 13.9 Å². The number of piperidine rings is 1. The van der Waals surface area contributed by atoms with Gasteiger partial charge in [0.25, 0.3) is 0 Å². The van der Waals surface area contributed by atoms with E-state index in [1.165, 1.54) is 0 Å². The first-order valence-corrected chi connectivity index (χ1v) is 17.1. The Morgan fingerprint density at radius 3 is 2.38 bits per heavy atom. The number of benzene rings is 1. The van der Waals surface area contributed by atoms with E-state index in [2.05, 4.69) is 15.5 Å². The number of ether oxygens (including phenoxy) is 2. The first-order chi connectivity index (χ1) is 22.5. The Kier molecular flexibility index (Phi) is 11.1. The number of likely N-dealkylation sites (tertiary alicyclic amines) is 2. The van der Waals surface area contributed by atoms with Gasteiger partial charge in [0.2, 0.25) is 17.6 Å². The van der Waals surface area contributed by atoms with Crippen molar-refractivity contribution >= 4 is 40.5 Å². The number of nitrogens with one attached hydrogen (secondary N) is 2. The third-order valence-corrected chi connectivity index (χ3v) is 9.60. The largest absolute Gasteiger partial charge is 0.460 e. The molecule has 2 N–H and O–H groups in total. The molecule has 0 radical (unpaired) electrons. The molecule has 258 valence electrons. The summed E-state index contributed by atoms with van der Waals surface area (Å²) in [5.74, 6) is -1.11. The van der Waals surface area contributed by atoms with Crippen molar-refractivity contribution in [2.45, 2.75) is 103 Å². The van der Waals surface area contributed by atoms with Crippen LogP contribution in [0.25, 0.3) is 11.0 Å². The molecule has 3 amide bonds. The number of hydrogen-bond donors (Lipinski definition) is 2. The van der Waals surface area contributed by atoms with Crippen LogP contribution in [0.4, 0.5) is 14.9 Å². The van der Waals surface area contributed by atoms with Crippen LogP contribution < -0.4 is 10.6 Å². The number of esters is 1. The van der Waals surface area contributed by atoms with E-state index in [-0.39, 0.29) is 42.1 Å². The molecule has 2 saturated heterocycles. The van der Waals surface area contributed by atoms with Crippen LogP contribution in [-0.2, 0) is 19.1 Å². The van der Waals surface area contributed by atoms with Gasteiger partial charge in [0.15, 0.2) is 0 Å². The van der Waals surface area contributed by atoms with Crippen LogP contribution >= 0.6 is 0 Å². The number of anilines is 1. The van der Waals surface area contributed by atoms with Gasteiger partial charge in [-0.15, -0.1) is 0 Å². The Morgan fingerprint density at radius 1 is 1.00 bits per heavy atom. The molecule has 3 atom stereocenters. The summed E-state index contributed by atoms with van der Waals surface area (Å²) in [6, 6.07) is 5.37. The van der Waals surface area contributed by atoms with E-state index < -0.39 is 36.4 Å². The Bertz CT molecular complexity index is 1420. The maximum Gasteiger partial charge on any atom is 0.407 e. The zero-order valence-corrected chi connectivity index (χ0v) is 28.0. The lowest BCUT2D eigenvalue weighted by atomic mass is 9.78. The number of carbonyl (C=O) groups is 4. The molecular weight excluding hydrogens is 607 g/mol. The van der Waals surface area contributed by atoms with E-state index in [1.54, 1.807) is 56.9 Å². The van der Waals surface area contributed by atoms with Crippen LogP contribution in [0.2, 0.25) is 0 Å². The van der Waals surface area contributed by atoms with E-state index in [9.17, 15) is 23.6 Å². The minimum Gasteiger partial charge on any atom is -0.460 e. The molecule has 5 rings (SSSR count). The molecular formula is C35H49FN4O7. The van der Waals surface area contributed by atoms with Gasteiger partial charge in [-0.25, -0.2) is 14.0 Å². The van der Waals surface area contributed by atoms with Gasteiger partial charge >= 0.3 is 12.1 Å². The number of nitrogens with zero attached hydrogens (tertiary/aromatic N) is 2. The summed E-state index contributed by atoms with van der Waals surface area (Å²) < 4.78 is 30.0. The molecule has 2 aromatic rings. The zero-order chi connectivity index (χ0) is 33.7. The van der Waals surface area contributed by atoms with E-state index in [1.807, 2.05) is 0 Å². The van der Waals surface area contributed by atoms with Crippen molar-refractivity contribution in [2.75, 3.05) is 38.2 Å². The predicted octanol–water partition coefficient (Wildman–Crippen LogP) is 5.67. The number of hydrogen-bond acceptors (Lipinski definition) is 8. The Morgan fingerprint density at radius 2 is 1.72 bits per heavy atom. The average Bonchev–Trinajstić information content (AvgIpc) is 3.68. The quantitative estimate of drug-likeness (QED) is 0.330. The van der Waals surface area contributed by atoms with Crippen molar-refractivity contribution in [1.29, 1.82) is 0 Å². The summed E-state index contributed by atoms with van der Waals surface area (Å²) in [5, 5.41) is 6.39. The second-order valence-corrected chi connectivity index (χ2v) is 14.0. The van der Waals surface area contributed by atoms with Crippen molar-refractivity contribution in [1.82, 2.24) is 15.1 Å². The maximum absolute atomic E-state index is 14.1. The fourth-order valence-corrected chi connectivity index (χ4v) is 7.36. The topological polar surface area (TPSA) is 130 Å². The van der Waals surface area contributed by atoms with E-state index in [0.29, 0.717) is 55.3 Å². The van der Waals surface area contributed by atoms with Gasteiger partial charge in [0, 0.05) is 29.6 Å². The van der Waals surface area contributed by atoms with Gasteiger partial charge < -0.3 is 29.4 Å². The number of amides is 3. The Hall–Kier alpha value is -3.67. The molecule has 1 aliphatic carbocycles. The summed E-state index contributed by atoms with van der Waals surface area (Å²) in [7, 11) is 0. The normalized spacial score (nSPS) is 24.5. The van der Waals surface area contributed by atoms with Crippen LogP contribution in [0.5, 0.6) is 0 Å². The monoisotopic (exact) mass is 656 g/mol. The SMILES string of the molecule is CCOC(=O)c1cc2cc(NC(=O)[C@@H]3[C@H](N4CCCCC4)CCN3C(=O)[C@H]3CC[C@H]([C@@H](CF)NC(=O)OC(C)(C)C)CC3)ccc2o1. The number of rotatable bonds is 9. The van der Waals surface area contributed by atoms with Crippen molar-refractivity contribution < 1.29 is 37.5 Å². The summed E-state index contributed by atoms with van der Waals surface area (Å²) in [5.41, 5.74) is 0.367. The lowest BCUT2D eigenvalue weighted by molar-refractivity contribution is -0.142. The van der Waals surface area contributed by atoms with Crippen molar-refractivity contribution in [3.63, 3.8) is 0 Å². The molecule has 2 aliphatic heterocycles. The smallest absolute Gasteiger partial charge is 0.407 e. The third kappa shape index (κ3) is 8.44. The highest BCUT2D eigenvalue weighted by Gasteiger charge is 2.46. The number of fused-ring (bicyclic) bond motifs is 1. The summed E-state index contributed by atoms with van der Waals surface area (Å²) in [4.78, 5) is 56.7. The van der Waals surface area contributed by atoms with Crippen LogP contribution in [0.15, 0.2) is 28.7 Å². The second kappa shape index (κ2) is 15.0. The average molecular weight is 657 g/mol. The highest BCUT2D eigenvalue weighted by atomic mass is 19.1. The highest BCUT2D eigenvalue weighted by molar-refractivity contribution is 6.00. The molecule has 1 aromatic carbocycles. The third-order valence-electron chi connectivity index (χ3n) is 9.60. The zero-order valence-electron chi connectivity index (χ0n) is 28.0. The van der Waals surface area contributed by atoms with Crippen molar-refractivity contribution in [3.8, 4) is 0 Å². The number of alkyl carbamates (subject to hydrolysis) is 1. The molecule has 3 fully saturated rings. The van der Waals surface area contributed by atoms with Gasteiger partial charge in [-0.05, 0) is 116 Å². The molecule has 12 heteroatoms. The second-order valence-electron chi connectivity index (χ2n) is 14.0. The lowest BCUT2D eigenvalue weighted by Gasteiger charge is -2.38. The summed E-state index contributed by atoms with van der Waals surface area (Å²) in [6.45, 7) is 8.82. The summed E-state index contributed by atoms with van der Waals surface area (Å²) >= 11 is 0. The predicted molar refractivity (Wildman–Crippen MR) is 175 cm³/mol. The molecule has 1 saturated carbocycles. The number of alkyl halides is 1. The molecule has 3 heterocycles. The summed E-state index contributed by atoms with van der Waals surface area (Å²) in [6.07, 6.45) is 5.69. The van der Waals surface area contributed by atoms with Gasteiger partial charge in [0.05, 0.1) is 12.6 Å². The molecule has 3 aliphatic rings. The first kappa shape index (κ1) is 34.7. The van der Waals surface area contributed by atoms with Crippen molar-refractivity contribution in [2.24, 2.45) is 11.8 Å². The van der Waals surface area contributed by atoms with E-state index in [0.717, 1.165) is 32.4 Å². The molecule has 47 heavy (non-hydrogen) atoms. The van der Waals surface area contributed by atoms with Gasteiger partial charge in [-0.2, -0.15) is 0 Å². The minimum absolute atomic E-state index is 0.0376. The Labute approximate surface area is 275 Å². The molecule has 1 aromatic heterocycles. The first-order valence-electron chi connectivity index (χ1n) is 17.1. The lowest BCUT2D eigenvalue weighted by Crippen LogP contribution is -2.55. The minimum atomic E-state index is -0.705. The van der Waals surface area contributed by atoms with Gasteiger partial charge in [-0.1, -0.05) is 6.42 Å². The fraction of sp³-hybridized carbons (Fsp3) is 0.657. The highest BCUT2D eigenvalue weighted by Crippen LogP contribution is 2.36. The Balaban J connectivity index is 1.27. The van der Waals surface area contributed by atoms with Gasteiger partial charge in [0.1, 0.15) is 23.9 Å². The fourth-order valence-electron chi connectivity index (χ4n) is 7.36. The number of carbonyl (C=O) groups excluding carboxylic acids is 4. The van der Waals surface area contributed by atoms with Crippen LogP contribution in [0.1, 0.15) is 89.6 Å². The maximum atomic E-state index is 14.1. The standard InChI is InChI=1S/C35H49FN4O7/c1-5-45-33(43)29-20-24-19-25(13-14-28(24)46-29)37-31(41)30-27(39-16-7-6-8-17-39)15-18-40(30)32(42)23-11-9-22(10-12-23)26(21-36)38-34(44)47-35(2,3)4/h13-14,19-20,22-23,26-27,30H,5-12,15-18,21H2,1-4H3,(H,37,41)(H,38,44)/t22-,23-,26-,27-,30+/m1/s1. The van der Waals surface area contributed by atoms with E-state index >= 15 is 0 Å². The van der Waals surface area contributed by atoms with Crippen LogP contribution in [0.3, 0.4) is 0 Å². The van der Waals surface area contributed by atoms with Gasteiger partial charge in [-0.3, -0.25) is 14.5 Å².